The number of carbonyl (C=O) groups excluding carboxylic acids is 1. The number of pyridine rings is 1. The molecule has 0 radical (unpaired) electrons. The van der Waals surface area contributed by atoms with Gasteiger partial charge in [-0.3, -0.25) is 9.78 Å². The third kappa shape index (κ3) is 3.92. The first-order valence-electron chi connectivity index (χ1n) is 7.66. The summed E-state index contributed by atoms with van der Waals surface area (Å²) in [5.41, 5.74) is 1.07. The lowest BCUT2D eigenvalue weighted by Gasteiger charge is -2.05. The van der Waals surface area contributed by atoms with Crippen LogP contribution in [-0.2, 0) is 9.84 Å². The average Bonchev–Trinajstić information content (AvgIpc) is 2.65. The van der Waals surface area contributed by atoms with E-state index in [1.807, 2.05) is 12.1 Å². The molecule has 25 heavy (non-hydrogen) atoms. The molecule has 0 aliphatic carbocycles. The number of aromatic nitrogens is 1. The van der Waals surface area contributed by atoms with Crippen molar-refractivity contribution in [3.63, 3.8) is 0 Å². The second-order valence-corrected chi connectivity index (χ2v) is 7.15. The zero-order valence-electron chi connectivity index (χ0n) is 13.3. The quantitative estimate of drug-likeness (QED) is 0.766. The van der Waals surface area contributed by atoms with Crippen LogP contribution >= 0.6 is 0 Å². The maximum absolute atomic E-state index is 12.3. The van der Waals surface area contributed by atoms with Gasteiger partial charge in [0.1, 0.15) is 0 Å². The molecule has 6 heteroatoms. The highest BCUT2D eigenvalue weighted by Crippen LogP contribution is 2.15. The number of carbonyl (C=O) groups is 1. The Morgan fingerprint density at radius 1 is 1.00 bits per heavy atom. The Labute approximate surface area is 145 Å². The van der Waals surface area contributed by atoms with Crippen molar-refractivity contribution in [2.45, 2.75) is 4.90 Å². The third-order valence-electron chi connectivity index (χ3n) is 3.60. The van der Waals surface area contributed by atoms with E-state index in [0.29, 0.717) is 11.1 Å². The van der Waals surface area contributed by atoms with Crippen LogP contribution in [0.3, 0.4) is 0 Å². The second-order valence-electron chi connectivity index (χ2n) is 5.32. The molecule has 5 nitrogen and oxygen atoms in total. The van der Waals surface area contributed by atoms with E-state index in [2.05, 4.69) is 10.3 Å². The topological polar surface area (TPSA) is 76.1 Å². The first-order valence-corrected chi connectivity index (χ1v) is 9.21. The maximum Gasteiger partial charge on any atom is 0.253 e. The smallest absolute Gasteiger partial charge is 0.253 e. The Hall–Kier alpha value is -2.99. The van der Waals surface area contributed by atoms with Crippen molar-refractivity contribution >= 4 is 26.6 Å². The largest absolute Gasteiger partial charge is 0.348 e. The molecule has 0 atom stereocenters. The Bertz CT molecular complexity index is 1020. The van der Waals surface area contributed by atoms with E-state index < -0.39 is 9.84 Å². The average molecular weight is 352 g/mol. The molecule has 0 bridgehead atoms. The van der Waals surface area contributed by atoms with Crippen LogP contribution in [0.1, 0.15) is 10.4 Å². The molecule has 1 N–H and O–H groups in total. The summed E-state index contributed by atoms with van der Waals surface area (Å²) in [5.74, 6) is -0.300. The first-order chi connectivity index (χ1) is 12.1. The molecule has 0 aliphatic rings. The number of fused-ring (bicyclic) bond motifs is 1. The molecule has 0 spiro atoms. The van der Waals surface area contributed by atoms with Crippen LogP contribution in [-0.4, -0.2) is 25.9 Å². The molecule has 0 saturated heterocycles. The van der Waals surface area contributed by atoms with E-state index in [1.54, 1.807) is 42.6 Å². The molecule has 3 aromatic rings. The van der Waals surface area contributed by atoms with Crippen LogP contribution in [0.25, 0.3) is 10.9 Å². The molecule has 1 amide bonds. The molecule has 0 unspecified atom stereocenters. The minimum atomic E-state index is -3.50. The van der Waals surface area contributed by atoms with Crippen LogP contribution in [0.5, 0.6) is 0 Å². The number of nitrogens with zero attached hydrogens (tertiary/aromatic N) is 1. The summed E-state index contributed by atoms with van der Waals surface area (Å²) >= 11 is 0. The summed E-state index contributed by atoms with van der Waals surface area (Å²) in [5, 5.41) is 4.66. The second kappa shape index (κ2) is 7.27. The van der Waals surface area contributed by atoms with E-state index in [1.165, 1.54) is 18.2 Å². The molecule has 0 saturated carbocycles. The Morgan fingerprint density at radius 3 is 2.56 bits per heavy atom. The summed E-state index contributed by atoms with van der Waals surface area (Å²) < 4.78 is 24.2. The molecule has 1 heterocycles. The van der Waals surface area contributed by atoms with Crippen LogP contribution < -0.4 is 5.32 Å². The fourth-order valence-corrected chi connectivity index (χ4v) is 3.44. The Balaban J connectivity index is 1.69. The van der Waals surface area contributed by atoms with E-state index in [-0.39, 0.29) is 17.3 Å². The standard InChI is InChI=1S/C19H16N2O3S/c22-19(17-11-4-7-15-8-5-12-20-18(15)17)21-13-6-14-25(23,24)16-9-2-1-3-10-16/h1-12,14H,13H2,(H,21,22)/b14-6+. The number of para-hydroxylation sites is 1. The van der Waals surface area contributed by atoms with Gasteiger partial charge in [0.05, 0.1) is 16.0 Å². The number of sulfone groups is 1. The van der Waals surface area contributed by atoms with Gasteiger partial charge in [-0.1, -0.05) is 42.5 Å². The lowest BCUT2D eigenvalue weighted by molar-refractivity contribution is 0.0959. The van der Waals surface area contributed by atoms with Gasteiger partial charge in [0.2, 0.25) is 0 Å². The number of hydrogen-bond donors (Lipinski definition) is 1. The van der Waals surface area contributed by atoms with Gasteiger partial charge >= 0.3 is 0 Å². The highest BCUT2D eigenvalue weighted by atomic mass is 32.2. The fourth-order valence-electron chi connectivity index (χ4n) is 2.40. The lowest BCUT2D eigenvalue weighted by Crippen LogP contribution is -2.23. The normalized spacial score (nSPS) is 11.7. The van der Waals surface area contributed by atoms with Gasteiger partial charge in [0, 0.05) is 23.5 Å². The van der Waals surface area contributed by atoms with Gasteiger partial charge in [-0.05, 0) is 24.3 Å². The molecular weight excluding hydrogens is 336 g/mol. The zero-order chi connectivity index (χ0) is 17.7. The minimum absolute atomic E-state index is 0.105. The van der Waals surface area contributed by atoms with Crippen LogP contribution in [0.2, 0.25) is 0 Å². The predicted molar refractivity (Wildman–Crippen MR) is 96.8 cm³/mol. The summed E-state index contributed by atoms with van der Waals surface area (Å²) in [6, 6.07) is 17.2. The van der Waals surface area contributed by atoms with Gasteiger partial charge in [-0.2, -0.15) is 0 Å². The van der Waals surface area contributed by atoms with E-state index >= 15 is 0 Å². The zero-order valence-corrected chi connectivity index (χ0v) is 14.1. The van der Waals surface area contributed by atoms with Crippen molar-refractivity contribution in [1.29, 1.82) is 0 Å². The number of amides is 1. The van der Waals surface area contributed by atoms with Crippen molar-refractivity contribution in [2.24, 2.45) is 0 Å². The summed E-state index contributed by atoms with van der Waals surface area (Å²) in [7, 11) is -3.50. The van der Waals surface area contributed by atoms with Crippen molar-refractivity contribution in [3.05, 3.63) is 83.9 Å². The number of hydrogen-bond acceptors (Lipinski definition) is 4. The van der Waals surface area contributed by atoms with Crippen LogP contribution in [0, 0.1) is 0 Å². The highest BCUT2D eigenvalue weighted by Gasteiger charge is 2.11. The van der Waals surface area contributed by atoms with Crippen molar-refractivity contribution in [1.82, 2.24) is 10.3 Å². The lowest BCUT2D eigenvalue weighted by atomic mass is 10.1. The molecule has 1 aromatic heterocycles. The molecule has 0 fully saturated rings. The number of benzene rings is 2. The van der Waals surface area contributed by atoms with Crippen molar-refractivity contribution in [3.8, 4) is 0 Å². The summed E-state index contributed by atoms with van der Waals surface area (Å²) in [4.78, 5) is 16.8. The number of nitrogens with one attached hydrogen (secondary N) is 1. The van der Waals surface area contributed by atoms with Gasteiger partial charge in [-0.25, -0.2) is 8.42 Å². The van der Waals surface area contributed by atoms with Crippen molar-refractivity contribution in [2.75, 3.05) is 6.54 Å². The van der Waals surface area contributed by atoms with Crippen molar-refractivity contribution < 1.29 is 13.2 Å². The summed E-state index contributed by atoms with van der Waals surface area (Å²) in [6.45, 7) is 0.105. The van der Waals surface area contributed by atoms with Crippen LogP contribution in [0.15, 0.2) is 83.2 Å². The van der Waals surface area contributed by atoms with Gasteiger partial charge in [0.15, 0.2) is 9.84 Å². The number of rotatable bonds is 5. The molecule has 0 aliphatic heterocycles. The maximum atomic E-state index is 12.3. The molecular formula is C19H16N2O3S. The SMILES string of the molecule is O=C(NC/C=C/S(=O)(=O)c1ccccc1)c1cccc2cccnc12. The minimum Gasteiger partial charge on any atom is -0.348 e. The van der Waals surface area contributed by atoms with Gasteiger partial charge in [-0.15, -0.1) is 0 Å². The van der Waals surface area contributed by atoms with Crippen LogP contribution in [0.4, 0.5) is 0 Å². The summed E-state index contributed by atoms with van der Waals surface area (Å²) in [6.07, 6.45) is 3.05. The Morgan fingerprint density at radius 2 is 1.76 bits per heavy atom. The molecule has 126 valence electrons. The fraction of sp³-hybridized carbons (Fsp3) is 0.0526. The van der Waals surface area contributed by atoms with E-state index in [0.717, 1.165) is 10.8 Å². The monoisotopic (exact) mass is 352 g/mol. The predicted octanol–water partition coefficient (Wildman–Crippen LogP) is 2.95. The van der Waals surface area contributed by atoms with E-state index in [9.17, 15) is 13.2 Å². The molecule has 3 rings (SSSR count). The van der Waals surface area contributed by atoms with E-state index in [4.69, 9.17) is 0 Å². The van der Waals surface area contributed by atoms with Gasteiger partial charge in [0.25, 0.3) is 5.91 Å². The first kappa shape index (κ1) is 16.9. The van der Waals surface area contributed by atoms with Gasteiger partial charge < -0.3 is 5.32 Å². The Kier molecular flexibility index (Phi) is 4.90. The third-order valence-corrected chi connectivity index (χ3v) is 5.08. The highest BCUT2D eigenvalue weighted by molar-refractivity contribution is 7.94. The molecule has 2 aromatic carbocycles.